The fourth-order valence-electron chi connectivity index (χ4n) is 4.21. The molecule has 36 heavy (non-hydrogen) atoms. The lowest BCUT2D eigenvalue weighted by Crippen LogP contribution is -2.59. The Balaban J connectivity index is 1.36. The van der Waals surface area contributed by atoms with E-state index in [0.29, 0.717) is 45.4 Å². The van der Waals surface area contributed by atoms with Gasteiger partial charge in [-0.25, -0.2) is 13.6 Å². The molecule has 0 bridgehead atoms. The maximum atomic E-state index is 15.1. The zero-order chi connectivity index (χ0) is 25.2. The highest BCUT2D eigenvalue weighted by Crippen LogP contribution is 2.27. The molecule has 2 aliphatic heterocycles. The normalized spacial score (nSPS) is 16.9. The van der Waals surface area contributed by atoms with Crippen molar-refractivity contribution in [2.75, 3.05) is 44.3 Å². The topological polar surface area (TPSA) is 74.9 Å². The second kappa shape index (κ2) is 10.2. The fourth-order valence-corrected chi connectivity index (χ4v) is 4.21. The van der Waals surface area contributed by atoms with Crippen molar-refractivity contribution in [3.05, 3.63) is 65.6 Å². The number of piperazine rings is 1. The van der Waals surface area contributed by atoms with Crippen LogP contribution in [0.2, 0.25) is 0 Å². The summed E-state index contributed by atoms with van der Waals surface area (Å²) < 4.78 is 64.7. The van der Waals surface area contributed by atoms with E-state index < -0.39 is 24.0 Å². The number of amides is 2. The van der Waals surface area contributed by atoms with Crippen molar-refractivity contribution in [2.24, 2.45) is 0 Å². The molecule has 0 saturated carbocycles. The van der Waals surface area contributed by atoms with E-state index in [1.54, 1.807) is 11.0 Å². The quantitative estimate of drug-likeness (QED) is 0.470. The van der Waals surface area contributed by atoms with Crippen LogP contribution in [-0.2, 0) is 11.3 Å². The predicted molar refractivity (Wildman–Crippen MR) is 120 cm³/mol. The summed E-state index contributed by atoms with van der Waals surface area (Å²) in [4.78, 5) is 18.8. The molecule has 5 rings (SSSR count). The third-order valence-corrected chi connectivity index (χ3v) is 6.33. The van der Waals surface area contributed by atoms with Gasteiger partial charge in [0.25, 0.3) is 5.89 Å². The van der Waals surface area contributed by atoms with E-state index in [0.717, 1.165) is 6.07 Å². The molecule has 0 aliphatic carbocycles. The van der Waals surface area contributed by atoms with Crippen molar-refractivity contribution in [2.45, 2.75) is 19.0 Å². The molecule has 0 atom stereocenters. The summed E-state index contributed by atoms with van der Waals surface area (Å²) in [6.07, 6.45) is -2.94. The number of anilines is 1. The molecule has 2 amide bonds. The Morgan fingerprint density at radius 1 is 1.06 bits per heavy atom. The zero-order valence-electron chi connectivity index (χ0n) is 19.1. The van der Waals surface area contributed by atoms with Gasteiger partial charge in [0.2, 0.25) is 5.89 Å². The molecule has 3 aromatic rings. The number of ether oxygens (including phenoxy) is 1. The van der Waals surface area contributed by atoms with E-state index >= 15 is 4.39 Å². The largest absolute Gasteiger partial charge is 0.415 e. The summed E-state index contributed by atoms with van der Waals surface area (Å²) in [5.74, 6) is -2.33. The molecular weight excluding hydrogens is 482 g/mol. The van der Waals surface area contributed by atoms with Crippen LogP contribution in [0, 0.1) is 11.6 Å². The average Bonchev–Trinajstić information content (AvgIpc) is 3.33. The van der Waals surface area contributed by atoms with Crippen LogP contribution in [0.15, 0.2) is 46.9 Å². The fraction of sp³-hybridized carbons (Fsp3) is 0.375. The Hall–Kier alpha value is -3.51. The molecular formula is C24H23F4N5O3. The van der Waals surface area contributed by atoms with Gasteiger partial charge in [-0.05, 0) is 30.3 Å². The minimum absolute atomic E-state index is 0.121. The van der Waals surface area contributed by atoms with Crippen LogP contribution in [0.25, 0.3) is 11.5 Å². The predicted octanol–water partition coefficient (Wildman–Crippen LogP) is 4.10. The summed E-state index contributed by atoms with van der Waals surface area (Å²) >= 11 is 0. The number of urea groups is 1. The number of nitrogens with zero attached hydrogens (tertiary/aromatic N) is 5. The highest BCUT2D eigenvalue weighted by Gasteiger charge is 2.32. The van der Waals surface area contributed by atoms with E-state index in [1.165, 1.54) is 35.2 Å². The van der Waals surface area contributed by atoms with Crippen molar-refractivity contribution < 1.29 is 31.5 Å². The van der Waals surface area contributed by atoms with E-state index in [-0.39, 0.29) is 35.3 Å². The van der Waals surface area contributed by atoms with Crippen molar-refractivity contribution in [3.63, 3.8) is 0 Å². The first-order chi connectivity index (χ1) is 17.4. The number of halogens is 4. The van der Waals surface area contributed by atoms with Gasteiger partial charge >= 0.3 is 12.5 Å². The van der Waals surface area contributed by atoms with Gasteiger partial charge in [0.05, 0.1) is 25.8 Å². The van der Waals surface area contributed by atoms with Gasteiger partial charge in [0.1, 0.15) is 11.6 Å². The number of hydrogen-bond donors (Lipinski definition) is 0. The van der Waals surface area contributed by atoms with Gasteiger partial charge in [-0.2, -0.15) is 8.78 Å². The second-order valence-corrected chi connectivity index (χ2v) is 8.62. The summed E-state index contributed by atoms with van der Waals surface area (Å²) in [5.41, 5.74) is 0.558. The first-order valence-corrected chi connectivity index (χ1v) is 11.4. The van der Waals surface area contributed by atoms with E-state index in [9.17, 15) is 18.0 Å². The van der Waals surface area contributed by atoms with E-state index in [4.69, 9.17) is 9.15 Å². The standard InChI is InChI=1S/C24H23F4N5O3/c25-17-2-1-3-18(11-17)33(24(34)32-8-6-31(7-9-32)19-13-35-14-19)12-16-5-4-15(10-20(16)26)22-29-30-23(36-22)21(27)28/h1-5,10-11,19,21H,6-9,12-14H2. The van der Waals surface area contributed by atoms with Gasteiger partial charge in [0, 0.05) is 43.0 Å². The first kappa shape index (κ1) is 24.2. The van der Waals surface area contributed by atoms with Crippen LogP contribution in [0.5, 0.6) is 0 Å². The van der Waals surface area contributed by atoms with Crippen molar-refractivity contribution in [1.82, 2.24) is 20.0 Å². The van der Waals surface area contributed by atoms with Crippen LogP contribution >= 0.6 is 0 Å². The Bertz CT molecular complexity index is 1230. The number of rotatable bonds is 6. The van der Waals surface area contributed by atoms with Gasteiger partial charge in [0.15, 0.2) is 0 Å². The molecule has 2 saturated heterocycles. The number of hydrogen-bond acceptors (Lipinski definition) is 6. The van der Waals surface area contributed by atoms with Crippen LogP contribution in [0.1, 0.15) is 17.9 Å². The lowest BCUT2D eigenvalue weighted by molar-refractivity contribution is -0.0738. The molecule has 2 aromatic carbocycles. The van der Waals surface area contributed by atoms with Crippen molar-refractivity contribution in [1.29, 1.82) is 0 Å². The minimum Gasteiger partial charge on any atom is -0.415 e. The molecule has 0 N–H and O–H groups in total. The monoisotopic (exact) mass is 505 g/mol. The lowest BCUT2D eigenvalue weighted by Gasteiger charge is -2.43. The summed E-state index contributed by atoms with van der Waals surface area (Å²) in [5, 5.41) is 6.77. The number of carbonyl (C=O) groups is 1. The second-order valence-electron chi connectivity index (χ2n) is 8.62. The summed E-state index contributed by atoms with van der Waals surface area (Å²) in [7, 11) is 0. The smallest absolute Gasteiger partial charge is 0.324 e. The van der Waals surface area contributed by atoms with Crippen molar-refractivity contribution >= 4 is 11.7 Å². The minimum atomic E-state index is -2.94. The molecule has 0 radical (unpaired) electrons. The number of carbonyl (C=O) groups excluding carboxylic acids is 1. The average molecular weight is 505 g/mol. The SMILES string of the molecule is O=C(N1CCN(C2COC2)CC1)N(Cc1ccc(-c2nnc(C(F)F)o2)cc1F)c1cccc(F)c1. The molecule has 3 heterocycles. The molecule has 190 valence electrons. The Morgan fingerprint density at radius 2 is 1.83 bits per heavy atom. The van der Waals surface area contributed by atoms with E-state index in [2.05, 4.69) is 15.1 Å². The Labute approximate surface area is 204 Å². The van der Waals surface area contributed by atoms with Crippen molar-refractivity contribution in [3.8, 4) is 11.5 Å². The number of aromatic nitrogens is 2. The van der Waals surface area contributed by atoms with Crippen LogP contribution in [0.4, 0.5) is 28.0 Å². The first-order valence-electron chi connectivity index (χ1n) is 11.4. The molecule has 0 spiro atoms. The lowest BCUT2D eigenvalue weighted by atomic mass is 10.1. The maximum Gasteiger partial charge on any atom is 0.324 e. The highest BCUT2D eigenvalue weighted by atomic mass is 19.3. The van der Waals surface area contributed by atoms with Crippen LogP contribution in [-0.4, -0.2) is 71.5 Å². The maximum absolute atomic E-state index is 15.1. The van der Waals surface area contributed by atoms with Crippen LogP contribution in [0.3, 0.4) is 0 Å². The highest BCUT2D eigenvalue weighted by molar-refractivity contribution is 5.92. The molecule has 12 heteroatoms. The van der Waals surface area contributed by atoms with E-state index in [1.807, 2.05) is 0 Å². The zero-order valence-corrected chi connectivity index (χ0v) is 19.1. The Kier molecular flexibility index (Phi) is 6.88. The van der Waals surface area contributed by atoms with Gasteiger partial charge in [-0.1, -0.05) is 12.1 Å². The number of benzene rings is 2. The summed E-state index contributed by atoms with van der Waals surface area (Å²) in [6, 6.07) is 9.47. The molecule has 0 unspecified atom stereocenters. The molecule has 8 nitrogen and oxygen atoms in total. The summed E-state index contributed by atoms with van der Waals surface area (Å²) in [6.45, 7) is 3.53. The van der Waals surface area contributed by atoms with Gasteiger partial charge < -0.3 is 14.1 Å². The van der Waals surface area contributed by atoms with Crippen LogP contribution < -0.4 is 4.90 Å². The molecule has 1 aromatic heterocycles. The Morgan fingerprint density at radius 3 is 2.44 bits per heavy atom. The molecule has 2 fully saturated rings. The third kappa shape index (κ3) is 5.05. The van der Waals surface area contributed by atoms with Gasteiger partial charge in [-0.15, -0.1) is 10.2 Å². The number of alkyl halides is 2. The third-order valence-electron chi connectivity index (χ3n) is 6.33. The van der Waals surface area contributed by atoms with Gasteiger partial charge in [-0.3, -0.25) is 9.80 Å². The molecule has 2 aliphatic rings.